The van der Waals surface area contributed by atoms with E-state index < -0.39 is 0 Å². The lowest BCUT2D eigenvalue weighted by molar-refractivity contribution is -0.690. The molecular weight excluding hydrogens is 373 g/mol. The van der Waals surface area contributed by atoms with Crippen LogP contribution in [0.4, 0.5) is 10.1 Å². The van der Waals surface area contributed by atoms with Crippen molar-refractivity contribution in [1.29, 1.82) is 0 Å². The number of ether oxygens (including phenoxy) is 2. The van der Waals surface area contributed by atoms with Crippen molar-refractivity contribution in [2.24, 2.45) is 0 Å². The Hall–Kier alpha value is -3.35. The second-order valence-corrected chi connectivity index (χ2v) is 6.93. The molecule has 1 aliphatic heterocycles. The van der Waals surface area contributed by atoms with Crippen LogP contribution in [0, 0.1) is 5.82 Å². The van der Waals surface area contributed by atoms with Gasteiger partial charge in [-0.05, 0) is 42.8 Å². The molecule has 0 saturated carbocycles. The van der Waals surface area contributed by atoms with Gasteiger partial charge in [0.1, 0.15) is 23.5 Å². The summed E-state index contributed by atoms with van der Waals surface area (Å²) >= 11 is 0. The summed E-state index contributed by atoms with van der Waals surface area (Å²) in [5, 5.41) is 2.91. The fourth-order valence-electron chi connectivity index (χ4n) is 3.75. The van der Waals surface area contributed by atoms with Crippen LogP contribution in [0.5, 0.6) is 11.5 Å². The Morgan fingerprint density at radius 2 is 1.97 bits per heavy atom. The van der Waals surface area contributed by atoms with Crippen LogP contribution in [-0.2, 0) is 24.3 Å². The number of nitrogens with zero attached hydrogens (tertiary/aromatic N) is 2. The predicted molar refractivity (Wildman–Crippen MR) is 107 cm³/mol. The maximum atomic E-state index is 13.3. The quantitative estimate of drug-likeness (QED) is 0.651. The van der Waals surface area contributed by atoms with E-state index in [9.17, 15) is 9.18 Å². The highest BCUT2D eigenvalue weighted by Gasteiger charge is 2.29. The number of hydrogen-bond donors (Lipinski definition) is 1. The molecule has 0 saturated heterocycles. The summed E-state index contributed by atoms with van der Waals surface area (Å²) < 4.78 is 28.0. The van der Waals surface area contributed by atoms with Gasteiger partial charge < -0.3 is 14.8 Å². The molecule has 2 aromatic carbocycles. The van der Waals surface area contributed by atoms with Crippen LogP contribution in [0.15, 0.2) is 48.7 Å². The summed E-state index contributed by atoms with van der Waals surface area (Å²) in [5.74, 6) is 1.88. The van der Waals surface area contributed by atoms with Crippen molar-refractivity contribution in [3.05, 3.63) is 60.3 Å². The third kappa shape index (κ3) is 3.81. The number of carbonyl (C=O) groups is 1. The van der Waals surface area contributed by atoms with Gasteiger partial charge >= 0.3 is 0 Å². The molecule has 0 atom stereocenters. The molecular formula is C22H23FN3O3+. The zero-order valence-electron chi connectivity index (χ0n) is 16.4. The van der Waals surface area contributed by atoms with E-state index >= 15 is 0 Å². The Balaban J connectivity index is 1.58. The molecule has 0 unspecified atom stereocenters. The summed E-state index contributed by atoms with van der Waals surface area (Å²) in [6.45, 7) is 1.07. The minimum atomic E-state index is -0.263. The number of anilines is 1. The van der Waals surface area contributed by atoms with E-state index in [0.717, 1.165) is 36.5 Å². The number of aromatic nitrogens is 2. The Labute approximate surface area is 168 Å². The van der Waals surface area contributed by atoms with Crippen LogP contribution in [0.2, 0.25) is 0 Å². The van der Waals surface area contributed by atoms with Crippen molar-refractivity contribution in [2.75, 3.05) is 19.5 Å². The zero-order chi connectivity index (χ0) is 20.4. The van der Waals surface area contributed by atoms with E-state index in [0.29, 0.717) is 17.2 Å². The number of imidazole rings is 1. The minimum absolute atomic E-state index is 0.160. The van der Waals surface area contributed by atoms with Gasteiger partial charge in [-0.25, -0.2) is 13.5 Å². The van der Waals surface area contributed by atoms with Gasteiger partial charge in [0.15, 0.2) is 12.2 Å². The Bertz CT molecular complexity index is 1040. The highest BCUT2D eigenvalue weighted by Crippen LogP contribution is 2.29. The van der Waals surface area contributed by atoms with E-state index in [4.69, 9.17) is 9.47 Å². The molecule has 0 radical (unpaired) electrons. The van der Waals surface area contributed by atoms with Crippen LogP contribution in [0.3, 0.4) is 0 Å². The Morgan fingerprint density at radius 3 is 2.69 bits per heavy atom. The molecule has 1 amide bonds. The largest absolute Gasteiger partial charge is 0.497 e. The molecule has 3 aromatic rings. The van der Waals surface area contributed by atoms with E-state index in [-0.39, 0.29) is 18.3 Å². The van der Waals surface area contributed by atoms with E-state index in [2.05, 4.69) is 9.88 Å². The third-order valence-corrected chi connectivity index (χ3v) is 5.13. The SMILES string of the molecule is COc1ccc(OC)c(NC(=O)C[n+]2cc(-c3ccc(F)cc3)n3c2CCC3)c1. The first kappa shape index (κ1) is 19.0. The number of methoxy groups -OCH3 is 2. The Morgan fingerprint density at radius 1 is 1.17 bits per heavy atom. The number of halogens is 1. The van der Waals surface area contributed by atoms with Gasteiger partial charge in [-0.3, -0.25) is 4.79 Å². The Kier molecular flexibility index (Phi) is 5.20. The summed E-state index contributed by atoms with van der Waals surface area (Å²) in [6.07, 6.45) is 3.89. The average molecular weight is 396 g/mol. The topological polar surface area (TPSA) is 56.4 Å². The maximum Gasteiger partial charge on any atom is 0.266 e. The fourth-order valence-corrected chi connectivity index (χ4v) is 3.75. The molecule has 29 heavy (non-hydrogen) atoms. The van der Waals surface area contributed by atoms with Gasteiger partial charge in [-0.1, -0.05) is 0 Å². The average Bonchev–Trinajstić information content (AvgIpc) is 3.32. The molecule has 0 spiro atoms. The molecule has 150 valence electrons. The van der Waals surface area contributed by atoms with E-state index in [1.165, 1.54) is 12.1 Å². The maximum absolute atomic E-state index is 13.3. The number of fused-ring (bicyclic) bond motifs is 1. The highest BCUT2D eigenvalue weighted by molar-refractivity contribution is 5.91. The standard InChI is InChI=1S/C22H22FN3O3/c1-28-17-9-10-20(29-2)18(12-17)24-21(27)14-25-13-19(26-11-3-4-22(25)26)15-5-7-16(23)8-6-15/h5-10,12-13H,3-4,11,14H2,1-2H3/p+1. The molecule has 1 N–H and O–H groups in total. The molecule has 0 fully saturated rings. The summed E-state index contributed by atoms with van der Waals surface area (Å²) in [5.41, 5.74) is 2.49. The first-order valence-electron chi connectivity index (χ1n) is 9.48. The normalized spacial score (nSPS) is 12.5. The summed E-state index contributed by atoms with van der Waals surface area (Å²) in [7, 11) is 3.13. The second-order valence-electron chi connectivity index (χ2n) is 6.93. The summed E-state index contributed by atoms with van der Waals surface area (Å²) in [6, 6.07) is 11.7. The number of carbonyl (C=O) groups excluding carboxylic acids is 1. The highest BCUT2D eigenvalue weighted by atomic mass is 19.1. The minimum Gasteiger partial charge on any atom is -0.497 e. The van der Waals surface area contributed by atoms with Gasteiger partial charge in [0.2, 0.25) is 0 Å². The van der Waals surface area contributed by atoms with Gasteiger partial charge in [-0.15, -0.1) is 0 Å². The molecule has 1 aliphatic rings. The lowest BCUT2D eigenvalue weighted by Gasteiger charge is -2.11. The molecule has 4 rings (SSSR count). The molecule has 6 nitrogen and oxygen atoms in total. The lowest BCUT2D eigenvalue weighted by atomic mass is 10.1. The molecule has 7 heteroatoms. The lowest BCUT2D eigenvalue weighted by Crippen LogP contribution is -2.42. The number of nitrogens with one attached hydrogen (secondary N) is 1. The zero-order valence-corrected chi connectivity index (χ0v) is 16.4. The first-order chi connectivity index (χ1) is 14.1. The van der Waals surface area contributed by atoms with Crippen LogP contribution in [-0.4, -0.2) is 24.7 Å². The molecule has 0 bridgehead atoms. The van der Waals surface area contributed by atoms with Gasteiger partial charge in [0.05, 0.1) is 32.9 Å². The van der Waals surface area contributed by atoms with Crippen molar-refractivity contribution < 1.29 is 23.2 Å². The van der Waals surface area contributed by atoms with Crippen molar-refractivity contribution in [1.82, 2.24) is 4.57 Å². The van der Waals surface area contributed by atoms with Gasteiger partial charge in [-0.2, -0.15) is 0 Å². The van der Waals surface area contributed by atoms with Crippen LogP contribution >= 0.6 is 0 Å². The van der Waals surface area contributed by atoms with Crippen molar-refractivity contribution in [2.45, 2.75) is 25.9 Å². The van der Waals surface area contributed by atoms with Gasteiger partial charge in [0, 0.05) is 11.6 Å². The van der Waals surface area contributed by atoms with E-state index in [1.807, 2.05) is 10.8 Å². The van der Waals surface area contributed by atoms with E-state index in [1.54, 1.807) is 44.6 Å². The van der Waals surface area contributed by atoms with Crippen LogP contribution < -0.4 is 19.4 Å². The molecule has 2 heterocycles. The molecule has 0 aliphatic carbocycles. The number of rotatable bonds is 6. The fraction of sp³-hybridized carbons (Fsp3) is 0.273. The van der Waals surface area contributed by atoms with Crippen molar-refractivity contribution in [3.63, 3.8) is 0 Å². The first-order valence-corrected chi connectivity index (χ1v) is 9.48. The van der Waals surface area contributed by atoms with Crippen LogP contribution in [0.25, 0.3) is 11.3 Å². The number of amides is 1. The smallest absolute Gasteiger partial charge is 0.266 e. The monoisotopic (exact) mass is 396 g/mol. The molecule has 1 aromatic heterocycles. The van der Waals surface area contributed by atoms with Gasteiger partial charge in [0.25, 0.3) is 11.7 Å². The predicted octanol–water partition coefficient (Wildman–Crippen LogP) is 3.18. The number of hydrogen-bond acceptors (Lipinski definition) is 3. The van der Waals surface area contributed by atoms with Crippen LogP contribution in [0.1, 0.15) is 12.2 Å². The third-order valence-electron chi connectivity index (χ3n) is 5.13. The summed E-state index contributed by atoms with van der Waals surface area (Å²) in [4.78, 5) is 12.8. The second kappa shape index (κ2) is 7.95. The van der Waals surface area contributed by atoms with Crippen molar-refractivity contribution in [3.8, 4) is 22.8 Å². The number of benzene rings is 2. The van der Waals surface area contributed by atoms with Crippen molar-refractivity contribution >= 4 is 11.6 Å².